The standard InChI is InChI=1S/C21H17N3O4S/c1-13-10-17(24-28-13)19(25)23-21-18(20(26)22-11-15-8-5-9-27-15)16(12-29-21)14-6-3-2-4-7-14/h2-10,12H,11H2,1H3,(H,22,26)(H,23,25). The van der Waals surface area contributed by atoms with Gasteiger partial charge in [0.1, 0.15) is 16.5 Å². The molecule has 1 aromatic carbocycles. The molecule has 8 heteroatoms. The van der Waals surface area contributed by atoms with Gasteiger partial charge in [-0.25, -0.2) is 0 Å². The van der Waals surface area contributed by atoms with E-state index in [1.165, 1.54) is 17.4 Å². The lowest BCUT2D eigenvalue weighted by molar-refractivity contribution is 0.0950. The van der Waals surface area contributed by atoms with E-state index in [1.54, 1.807) is 25.3 Å². The number of carbonyl (C=O) groups is 2. The lowest BCUT2D eigenvalue weighted by Crippen LogP contribution is -2.24. The number of aryl methyl sites for hydroxylation is 1. The molecule has 4 aromatic rings. The summed E-state index contributed by atoms with van der Waals surface area (Å²) in [5.41, 5.74) is 2.16. The Bertz CT molecular complexity index is 1130. The number of thiophene rings is 1. The van der Waals surface area contributed by atoms with Crippen LogP contribution in [0.25, 0.3) is 11.1 Å². The van der Waals surface area contributed by atoms with E-state index in [4.69, 9.17) is 8.94 Å². The van der Waals surface area contributed by atoms with Crippen LogP contribution in [-0.4, -0.2) is 17.0 Å². The highest BCUT2D eigenvalue weighted by Crippen LogP contribution is 2.36. The van der Waals surface area contributed by atoms with E-state index in [9.17, 15) is 9.59 Å². The van der Waals surface area contributed by atoms with Crippen molar-refractivity contribution < 1.29 is 18.5 Å². The zero-order valence-corrected chi connectivity index (χ0v) is 16.3. The Morgan fingerprint density at radius 1 is 1.10 bits per heavy atom. The highest BCUT2D eigenvalue weighted by molar-refractivity contribution is 7.15. The van der Waals surface area contributed by atoms with Crippen LogP contribution in [0.3, 0.4) is 0 Å². The van der Waals surface area contributed by atoms with Crippen LogP contribution in [0.2, 0.25) is 0 Å². The van der Waals surface area contributed by atoms with Gasteiger partial charge < -0.3 is 19.6 Å². The van der Waals surface area contributed by atoms with E-state index in [0.29, 0.717) is 22.1 Å². The fourth-order valence-electron chi connectivity index (χ4n) is 2.82. The first-order valence-electron chi connectivity index (χ1n) is 8.84. The maximum absolute atomic E-state index is 13.0. The maximum Gasteiger partial charge on any atom is 0.278 e. The van der Waals surface area contributed by atoms with Gasteiger partial charge in [-0.05, 0) is 24.6 Å². The van der Waals surface area contributed by atoms with Crippen molar-refractivity contribution in [3.8, 4) is 11.1 Å². The molecule has 2 N–H and O–H groups in total. The van der Waals surface area contributed by atoms with E-state index in [-0.39, 0.29) is 18.1 Å². The normalized spacial score (nSPS) is 10.7. The number of rotatable bonds is 6. The lowest BCUT2D eigenvalue weighted by atomic mass is 10.0. The van der Waals surface area contributed by atoms with Crippen LogP contribution < -0.4 is 10.6 Å². The molecule has 3 heterocycles. The zero-order chi connectivity index (χ0) is 20.2. The van der Waals surface area contributed by atoms with Gasteiger partial charge in [0.25, 0.3) is 11.8 Å². The van der Waals surface area contributed by atoms with Crippen LogP contribution in [0.4, 0.5) is 5.00 Å². The monoisotopic (exact) mass is 407 g/mol. The molecular formula is C21H17N3O4S. The number of amides is 2. The van der Waals surface area contributed by atoms with E-state index < -0.39 is 5.91 Å². The molecular weight excluding hydrogens is 390 g/mol. The second-order valence-corrected chi connectivity index (χ2v) is 7.14. The highest BCUT2D eigenvalue weighted by Gasteiger charge is 2.23. The fraction of sp³-hybridized carbons (Fsp3) is 0.0952. The smallest absolute Gasteiger partial charge is 0.278 e. The Morgan fingerprint density at radius 2 is 1.93 bits per heavy atom. The third-order valence-electron chi connectivity index (χ3n) is 4.19. The van der Waals surface area contributed by atoms with Crippen molar-refractivity contribution in [1.82, 2.24) is 10.5 Å². The number of hydrogen-bond donors (Lipinski definition) is 2. The predicted octanol–water partition coefficient (Wildman–Crippen LogP) is 4.49. The molecule has 2 amide bonds. The molecule has 0 aliphatic carbocycles. The van der Waals surface area contributed by atoms with Gasteiger partial charge in [0, 0.05) is 17.0 Å². The second-order valence-electron chi connectivity index (χ2n) is 6.26. The number of furan rings is 1. The summed E-state index contributed by atoms with van der Waals surface area (Å²) in [5.74, 6) is 0.415. The number of nitrogens with zero attached hydrogens (tertiary/aromatic N) is 1. The minimum Gasteiger partial charge on any atom is -0.467 e. The number of aromatic nitrogens is 1. The largest absolute Gasteiger partial charge is 0.467 e. The van der Waals surface area contributed by atoms with Crippen molar-refractivity contribution in [2.45, 2.75) is 13.5 Å². The summed E-state index contributed by atoms with van der Waals surface area (Å²) in [6.45, 7) is 1.95. The first-order valence-corrected chi connectivity index (χ1v) is 9.72. The van der Waals surface area contributed by atoms with E-state index in [0.717, 1.165) is 11.1 Å². The van der Waals surface area contributed by atoms with E-state index in [2.05, 4.69) is 15.8 Å². The van der Waals surface area contributed by atoms with Gasteiger partial charge in [-0.3, -0.25) is 9.59 Å². The molecule has 0 spiro atoms. The fourth-order valence-corrected chi connectivity index (χ4v) is 3.78. The number of hydrogen-bond acceptors (Lipinski definition) is 6. The highest BCUT2D eigenvalue weighted by atomic mass is 32.1. The second kappa shape index (κ2) is 8.15. The molecule has 0 atom stereocenters. The Labute approximate surface area is 170 Å². The Kier molecular flexibility index (Phi) is 5.26. The van der Waals surface area contributed by atoms with Crippen molar-refractivity contribution in [2.24, 2.45) is 0 Å². The SMILES string of the molecule is Cc1cc(C(=O)Nc2scc(-c3ccccc3)c2C(=O)NCc2ccco2)no1. The number of anilines is 1. The van der Waals surface area contributed by atoms with Gasteiger partial charge >= 0.3 is 0 Å². The van der Waals surface area contributed by atoms with E-state index in [1.807, 2.05) is 35.7 Å². The number of nitrogens with one attached hydrogen (secondary N) is 2. The van der Waals surface area contributed by atoms with Crippen molar-refractivity contribution in [2.75, 3.05) is 5.32 Å². The molecule has 0 unspecified atom stereocenters. The topological polar surface area (TPSA) is 97.4 Å². The van der Waals surface area contributed by atoms with Gasteiger partial charge in [0.05, 0.1) is 18.4 Å². The average Bonchev–Trinajstić information content (AvgIpc) is 3.48. The third-order valence-corrected chi connectivity index (χ3v) is 5.09. The first kappa shape index (κ1) is 18.7. The summed E-state index contributed by atoms with van der Waals surface area (Å²) < 4.78 is 10.2. The molecule has 0 aliphatic heterocycles. The number of carbonyl (C=O) groups excluding carboxylic acids is 2. The van der Waals surface area contributed by atoms with Crippen LogP contribution >= 0.6 is 11.3 Å². The summed E-state index contributed by atoms with van der Waals surface area (Å²) in [7, 11) is 0. The molecule has 146 valence electrons. The summed E-state index contributed by atoms with van der Waals surface area (Å²) in [4.78, 5) is 25.5. The summed E-state index contributed by atoms with van der Waals surface area (Å²) in [6.07, 6.45) is 1.55. The van der Waals surface area contributed by atoms with Crippen LogP contribution in [-0.2, 0) is 6.54 Å². The van der Waals surface area contributed by atoms with Crippen LogP contribution in [0, 0.1) is 6.92 Å². The minimum absolute atomic E-state index is 0.152. The van der Waals surface area contributed by atoms with Crippen LogP contribution in [0.5, 0.6) is 0 Å². The minimum atomic E-state index is -0.441. The molecule has 0 saturated carbocycles. The molecule has 3 aromatic heterocycles. The maximum atomic E-state index is 13.0. The predicted molar refractivity (Wildman–Crippen MR) is 109 cm³/mol. The van der Waals surface area contributed by atoms with Crippen molar-refractivity contribution in [3.05, 3.63) is 83.0 Å². The third kappa shape index (κ3) is 4.12. The summed E-state index contributed by atoms with van der Waals surface area (Å²) in [5, 5.41) is 11.6. The van der Waals surface area contributed by atoms with Gasteiger partial charge in [0.2, 0.25) is 0 Å². The van der Waals surface area contributed by atoms with Crippen LogP contribution in [0.15, 0.2) is 69.1 Å². The summed E-state index contributed by atoms with van der Waals surface area (Å²) in [6, 6.07) is 14.6. The average molecular weight is 407 g/mol. The lowest BCUT2D eigenvalue weighted by Gasteiger charge is -2.09. The quantitative estimate of drug-likeness (QED) is 0.491. The molecule has 0 bridgehead atoms. The number of benzene rings is 1. The van der Waals surface area contributed by atoms with Crippen LogP contribution in [0.1, 0.15) is 32.4 Å². The zero-order valence-electron chi connectivity index (χ0n) is 15.5. The molecule has 0 aliphatic rings. The van der Waals surface area contributed by atoms with Gasteiger partial charge in [-0.15, -0.1) is 11.3 Å². The van der Waals surface area contributed by atoms with Gasteiger partial charge in [-0.1, -0.05) is 35.5 Å². The Morgan fingerprint density at radius 3 is 2.62 bits per heavy atom. The molecule has 0 radical (unpaired) electrons. The van der Waals surface area contributed by atoms with Crippen molar-refractivity contribution in [3.63, 3.8) is 0 Å². The van der Waals surface area contributed by atoms with Gasteiger partial charge in [0.15, 0.2) is 5.69 Å². The molecule has 0 saturated heterocycles. The molecule has 7 nitrogen and oxygen atoms in total. The van der Waals surface area contributed by atoms with Gasteiger partial charge in [-0.2, -0.15) is 0 Å². The Hall–Kier alpha value is -3.65. The van der Waals surface area contributed by atoms with Crippen molar-refractivity contribution in [1.29, 1.82) is 0 Å². The van der Waals surface area contributed by atoms with Crippen molar-refractivity contribution >= 4 is 28.2 Å². The molecule has 4 rings (SSSR count). The summed E-state index contributed by atoms with van der Waals surface area (Å²) >= 11 is 1.28. The molecule has 29 heavy (non-hydrogen) atoms. The Balaban J connectivity index is 1.64. The van der Waals surface area contributed by atoms with E-state index >= 15 is 0 Å². The molecule has 0 fully saturated rings. The first-order chi connectivity index (χ1) is 14.1.